The van der Waals surface area contributed by atoms with Crippen LogP contribution in [0.1, 0.15) is 5.56 Å². The summed E-state index contributed by atoms with van der Waals surface area (Å²) in [4.78, 5) is 39.0. The Kier molecular flexibility index (Phi) is 5.26. The fourth-order valence-electron chi connectivity index (χ4n) is 3.12. The summed E-state index contributed by atoms with van der Waals surface area (Å²) in [6.45, 7) is 0.447. The van der Waals surface area contributed by atoms with Crippen molar-refractivity contribution < 1.29 is 14.4 Å². The molecule has 0 spiro atoms. The monoisotopic (exact) mass is 365 g/mol. The number of nitrogens with one attached hydrogen (secondary N) is 1. The lowest BCUT2D eigenvalue weighted by Gasteiger charge is -2.14. The highest BCUT2D eigenvalue weighted by Crippen LogP contribution is 2.24. The number of Topliss-reactive ketones (excluding diaryl/α,β-unsaturated/α-hetero) is 1. The number of amides is 2. The summed E-state index contributed by atoms with van der Waals surface area (Å²) < 4.78 is 0. The number of nitrogens with zero attached hydrogens (tertiary/aromatic N) is 2. The topological polar surface area (TPSA) is 69.7 Å². The molecule has 1 aliphatic rings. The quantitative estimate of drug-likeness (QED) is 0.647. The lowest BCUT2D eigenvalue weighted by Crippen LogP contribution is -2.35. The van der Waals surface area contributed by atoms with Crippen LogP contribution in [0.5, 0.6) is 0 Å². The summed E-state index contributed by atoms with van der Waals surface area (Å²) >= 11 is 0. The third-order valence-electron chi connectivity index (χ3n) is 4.74. The molecule has 3 rings (SSSR count). The van der Waals surface area contributed by atoms with Gasteiger partial charge in [0.25, 0.3) is 5.91 Å². The Morgan fingerprint density at radius 3 is 2.41 bits per heavy atom. The molecule has 1 heterocycles. The van der Waals surface area contributed by atoms with E-state index in [1.165, 1.54) is 11.9 Å². The minimum absolute atomic E-state index is 0.140. The minimum atomic E-state index is -0.914. The Morgan fingerprint density at radius 1 is 1.11 bits per heavy atom. The summed E-state index contributed by atoms with van der Waals surface area (Å²) in [5.41, 5.74) is 4.19. The molecular weight excluding hydrogens is 342 g/mol. The maximum atomic E-state index is 12.3. The van der Waals surface area contributed by atoms with E-state index in [0.717, 1.165) is 22.4 Å². The van der Waals surface area contributed by atoms with Crippen molar-refractivity contribution in [1.29, 1.82) is 0 Å². The van der Waals surface area contributed by atoms with E-state index in [4.69, 9.17) is 0 Å². The van der Waals surface area contributed by atoms with Gasteiger partial charge in [0.15, 0.2) is 0 Å². The summed E-state index contributed by atoms with van der Waals surface area (Å²) in [6, 6.07) is 16.1. The lowest BCUT2D eigenvalue weighted by molar-refractivity contribution is -0.142. The zero-order valence-electron chi connectivity index (χ0n) is 15.7. The van der Waals surface area contributed by atoms with Gasteiger partial charge >= 0.3 is 0 Å². The summed E-state index contributed by atoms with van der Waals surface area (Å²) in [6.07, 6.45) is 0. The van der Waals surface area contributed by atoms with Crippen LogP contribution in [0.15, 0.2) is 48.5 Å². The molecule has 0 aliphatic carbocycles. The number of likely N-dealkylation sites (tertiary alicyclic amines) is 1. The Bertz CT molecular complexity index is 892. The molecule has 1 fully saturated rings. The minimum Gasteiger partial charge on any atom is -0.378 e. The van der Waals surface area contributed by atoms with Crippen LogP contribution in [0.25, 0.3) is 11.1 Å². The molecule has 0 bridgehead atoms. The van der Waals surface area contributed by atoms with E-state index >= 15 is 0 Å². The number of hydrogen-bond donors (Lipinski definition) is 1. The number of ketones is 1. The molecule has 6 nitrogen and oxygen atoms in total. The van der Waals surface area contributed by atoms with Crippen molar-refractivity contribution in [3.05, 3.63) is 54.1 Å². The number of carbonyl (C=O) groups is 3. The molecular formula is C21H23N3O3. The first-order chi connectivity index (χ1) is 12.9. The zero-order chi connectivity index (χ0) is 19.6. The molecule has 1 unspecified atom stereocenters. The second-order valence-corrected chi connectivity index (χ2v) is 6.97. The van der Waals surface area contributed by atoms with Crippen LogP contribution in [-0.4, -0.2) is 50.2 Å². The van der Waals surface area contributed by atoms with Gasteiger partial charge in [0.1, 0.15) is 5.92 Å². The number of rotatable bonds is 5. The van der Waals surface area contributed by atoms with Gasteiger partial charge in [0, 0.05) is 39.9 Å². The highest BCUT2D eigenvalue weighted by Gasteiger charge is 2.41. The normalized spacial score (nSPS) is 16.6. The van der Waals surface area contributed by atoms with Gasteiger partial charge in [-0.05, 0) is 34.9 Å². The molecule has 2 amide bonds. The first-order valence-corrected chi connectivity index (χ1v) is 8.80. The maximum absolute atomic E-state index is 12.3. The van der Waals surface area contributed by atoms with Gasteiger partial charge in [0.05, 0.1) is 0 Å². The van der Waals surface area contributed by atoms with Gasteiger partial charge < -0.3 is 15.1 Å². The second-order valence-electron chi connectivity index (χ2n) is 6.97. The fourth-order valence-corrected chi connectivity index (χ4v) is 3.12. The van der Waals surface area contributed by atoms with Gasteiger partial charge in [-0.25, -0.2) is 0 Å². The molecule has 0 saturated carbocycles. The number of benzene rings is 2. The van der Waals surface area contributed by atoms with Crippen LogP contribution in [0, 0.1) is 5.92 Å². The van der Waals surface area contributed by atoms with E-state index in [1.807, 2.05) is 61.5 Å². The smallest absolute Gasteiger partial charge is 0.290 e. The highest BCUT2D eigenvalue weighted by atomic mass is 16.2. The molecule has 27 heavy (non-hydrogen) atoms. The van der Waals surface area contributed by atoms with E-state index in [-0.39, 0.29) is 6.54 Å². The van der Waals surface area contributed by atoms with E-state index in [2.05, 4.69) is 11.4 Å². The van der Waals surface area contributed by atoms with Crippen molar-refractivity contribution in [2.24, 2.45) is 5.92 Å². The van der Waals surface area contributed by atoms with Gasteiger partial charge in [-0.1, -0.05) is 30.3 Å². The first kappa shape index (κ1) is 18.6. The van der Waals surface area contributed by atoms with Crippen molar-refractivity contribution in [2.75, 3.05) is 32.6 Å². The Labute approximate surface area is 158 Å². The third kappa shape index (κ3) is 4.00. The van der Waals surface area contributed by atoms with Gasteiger partial charge in [0.2, 0.25) is 11.7 Å². The maximum Gasteiger partial charge on any atom is 0.290 e. The third-order valence-corrected chi connectivity index (χ3v) is 4.74. The van der Waals surface area contributed by atoms with Crippen LogP contribution >= 0.6 is 0 Å². The number of likely N-dealkylation sites (N-methyl/N-ethyl adjacent to an activating group) is 1. The SMILES string of the molecule is CN1CC(C(=O)NCc2cccc(-c3cccc(N(C)C)c3)c2)C(=O)C1=O. The molecule has 0 aromatic heterocycles. The number of carbonyl (C=O) groups excluding carboxylic acids is 3. The molecule has 1 aliphatic heterocycles. The summed E-state index contributed by atoms with van der Waals surface area (Å²) in [7, 11) is 5.52. The van der Waals surface area contributed by atoms with Crippen LogP contribution < -0.4 is 10.2 Å². The van der Waals surface area contributed by atoms with Crippen LogP contribution in [-0.2, 0) is 20.9 Å². The van der Waals surface area contributed by atoms with Gasteiger partial charge in [-0.15, -0.1) is 0 Å². The number of anilines is 1. The Hall–Kier alpha value is -3.15. The van der Waals surface area contributed by atoms with Crippen molar-refractivity contribution in [1.82, 2.24) is 10.2 Å². The average molecular weight is 365 g/mol. The molecule has 1 saturated heterocycles. The van der Waals surface area contributed by atoms with E-state index in [9.17, 15) is 14.4 Å². The molecule has 1 atom stereocenters. The standard InChI is InChI=1S/C21H23N3O3/c1-23(2)17-9-5-8-16(11-17)15-7-4-6-14(10-15)12-22-20(26)18-13-24(3)21(27)19(18)25/h4-11,18H,12-13H2,1-3H3,(H,22,26). The van der Waals surface area contributed by atoms with Gasteiger partial charge in [-0.3, -0.25) is 14.4 Å². The van der Waals surface area contributed by atoms with Crippen LogP contribution in [0.2, 0.25) is 0 Å². The molecule has 1 N–H and O–H groups in total. The average Bonchev–Trinajstić information content (AvgIpc) is 2.94. The molecule has 140 valence electrons. The Balaban J connectivity index is 1.70. The van der Waals surface area contributed by atoms with Gasteiger partial charge in [-0.2, -0.15) is 0 Å². The molecule has 2 aromatic carbocycles. The van der Waals surface area contributed by atoms with Crippen molar-refractivity contribution in [3.63, 3.8) is 0 Å². The fraction of sp³-hybridized carbons (Fsp3) is 0.286. The van der Waals surface area contributed by atoms with Crippen molar-refractivity contribution in [3.8, 4) is 11.1 Å². The van der Waals surface area contributed by atoms with E-state index in [0.29, 0.717) is 6.54 Å². The predicted octanol–water partition coefficient (Wildman–Crippen LogP) is 1.69. The summed E-state index contributed by atoms with van der Waals surface area (Å²) in [5, 5.41) is 2.77. The van der Waals surface area contributed by atoms with Crippen molar-refractivity contribution in [2.45, 2.75) is 6.54 Å². The molecule has 2 aromatic rings. The van der Waals surface area contributed by atoms with Crippen LogP contribution in [0.3, 0.4) is 0 Å². The zero-order valence-corrected chi connectivity index (χ0v) is 15.7. The first-order valence-electron chi connectivity index (χ1n) is 8.80. The van der Waals surface area contributed by atoms with E-state index < -0.39 is 23.5 Å². The second kappa shape index (κ2) is 7.61. The Morgan fingerprint density at radius 2 is 1.78 bits per heavy atom. The van der Waals surface area contributed by atoms with Crippen molar-refractivity contribution >= 4 is 23.3 Å². The largest absolute Gasteiger partial charge is 0.378 e. The van der Waals surface area contributed by atoms with E-state index in [1.54, 1.807) is 0 Å². The molecule has 0 radical (unpaired) electrons. The van der Waals surface area contributed by atoms with Crippen LogP contribution in [0.4, 0.5) is 5.69 Å². The molecule has 6 heteroatoms. The highest BCUT2D eigenvalue weighted by molar-refractivity contribution is 6.42. The number of hydrogen-bond acceptors (Lipinski definition) is 4. The summed E-state index contributed by atoms with van der Waals surface area (Å²) in [5.74, 6) is -2.55. The predicted molar refractivity (Wildman–Crippen MR) is 104 cm³/mol. The lowest BCUT2D eigenvalue weighted by atomic mass is 10.0.